The number of carboxylic acids is 1. The number of halogens is 3. The molecule has 0 fully saturated rings. The molecule has 2 aromatic rings. The minimum atomic E-state index is -1.14. The fraction of sp³-hybridized carbons (Fsp3) is 0.0909. The summed E-state index contributed by atoms with van der Waals surface area (Å²) in [4.78, 5) is 10.6. The number of rotatable bonds is 4. The largest absolute Gasteiger partial charge is 0.476 e. The highest BCUT2D eigenvalue weighted by Crippen LogP contribution is 2.35. The van der Waals surface area contributed by atoms with Gasteiger partial charge in [0.05, 0.1) is 22.3 Å². The van der Waals surface area contributed by atoms with Crippen LogP contribution in [0.25, 0.3) is 0 Å². The minimum Gasteiger partial charge on any atom is -0.476 e. The van der Waals surface area contributed by atoms with Gasteiger partial charge in [-0.1, -0.05) is 28.4 Å². The van der Waals surface area contributed by atoms with Crippen molar-refractivity contribution in [1.82, 2.24) is 5.16 Å². The van der Waals surface area contributed by atoms with E-state index in [1.165, 1.54) is 6.07 Å². The second-order valence-electron chi connectivity index (χ2n) is 3.56. The van der Waals surface area contributed by atoms with Crippen LogP contribution in [0.1, 0.15) is 16.2 Å². The Kier molecular flexibility index (Phi) is 4.34. The number of anilines is 1. The van der Waals surface area contributed by atoms with Crippen LogP contribution in [0.5, 0.6) is 0 Å². The molecule has 2 N–H and O–H groups in total. The molecule has 2 rings (SSSR count). The maximum absolute atomic E-state index is 10.6. The monoisotopic (exact) mass is 364 g/mol. The molecule has 19 heavy (non-hydrogen) atoms. The summed E-state index contributed by atoms with van der Waals surface area (Å²) in [6.07, 6.45) is 0. The van der Waals surface area contributed by atoms with Crippen LogP contribution >= 0.6 is 39.1 Å². The molecule has 1 heterocycles. The first-order chi connectivity index (χ1) is 8.99. The number of nitrogens with zero attached hydrogens (tertiary/aromatic N) is 1. The standard InChI is InChI=1S/C11H7BrCl2N2O3/c12-6-1-2-7(10(14)9(6)13)15-4-5-3-8(11(17)18)16-19-5/h1-3,15H,4H2,(H,17,18). The second kappa shape index (κ2) is 5.81. The lowest BCUT2D eigenvalue weighted by Crippen LogP contribution is -1.99. The molecule has 0 saturated carbocycles. The molecule has 0 amide bonds. The van der Waals surface area contributed by atoms with Crippen LogP contribution in [-0.4, -0.2) is 16.2 Å². The first-order valence-corrected chi connectivity index (χ1v) is 6.60. The van der Waals surface area contributed by atoms with E-state index in [1.54, 1.807) is 12.1 Å². The van der Waals surface area contributed by atoms with Crippen molar-refractivity contribution >= 4 is 50.8 Å². The molecule has 1 aromatic heterocycles. The van der Waals surface area contributed by atoms with Crippen LogP contribution < -0.4 is 5.32 Å². The number of aromatic carboxylic acids is 1. The SMILES string of the molecule is O=C(O)c1cc(CNc2ccc(Br)c(Cl)c2Cl)on1. The third-order valence-corrected chi connectivity index (χ3v) is 4.04. The normalized spacial score (nSPS) is 10.5. The Hall–Kier alpha value is -1.24. The first-order valence-electron chi connectivity index (χ1n) is 5.05. The lowest BCUT2D eigenvalue weighted by molar-refractivity contribution is 0.0685. The number of carboxylic acid groups (broad SMARTS) is 1. The van der Waals surface area contributed by atoms with Gasteiger partial charge < -0.3 is 14.9 Å². The Bertz CT molecular complexity index is 630. The van der Waals surface area contributed by atoms with Crippen molar-refractivity contribution < 1.29 is 14.4 Å². The predicted octanol–water partition coefficient (Wildman–Crippen LogP) is 4.05. The highest BCUT2D eigenvalue weighted by molar-refractivity contribution is 9.10. The molecule has 0 atom stereocenters. The van der Waals surface area contributed by atoms with Crippen LogP contribution in [0.2, 0.25) is 10.0 Å². The topological polar surface area (TPSA) is 75.4 Å². The Labute approximate surface area is 126 Å². The van der Waals surface area contributed by atoms with Gasteiger partial charge >= 0.3 is 5.97 Å². The van der Waals surface area contributed by atoms with Crippen molar-refractivity contribution in [2.24, 2.45) is 0 Å². The Balaban J connectivity index is 2.10. The van der Waals surface area contributed by atoms with Gasteiger partial charge in [-0.05, 0) is 28.1 Å². The summed E-state index contributed by atoms with van der Waals surface area (Å²) in [6.45, 7) is 0.248. The van der Waals surface area contributed by atoms with Crippen LogP contribution in [-0.2, 0) is 6.54 Å². The molecule has 0 aliphatic heterocycles. The smallest absolute Gasteiger partial charge is 0.358 e. The van der Waals surface area contributed by atoms with Gasteiger partial charge in [0.2, 0.25) is 0 Å². The van der Waals surface area contributed by atoms with E-state index >= 15 is 0 Å². The summed E-state index contributed by atoms with van der Waals surface area (Å²) < 4.78 is 5.56. The highest BCUT2D eigenvalue weighted by atomic mass is 79.9. The molecule has 100 valence electrons. The first kappa shape index (κ1) is 14.2. The third-order valence-electron chi connectivity index (χ3n) is 2.27. The molecule has 0 spiro atoms. The zero-order valence-corrected chi connectivity index (χ0v) is 12.4. The third kappa shape index (κ3) is 3.20. The van der Waals surface area contributed by atoms with E-state index in [9.17, 15) is 4.79 Å². The predicted molar refractivity (Wildman–Crippen MR) is 75.0 cm³/mol. The lowest BCUT2D eigenvalue weighted by Gasteiger charge is -2.08. The van der Waals surface area contributed by atoms with Gasteiger partial charge in [-0.15, -0.1) is 0 Å². The molecular weight excluding hydrogens is 359 g/mol. The second-order valence-corrected chi connectivity index (χ2v) is 5.17. The molecule has 0 aliphatic rings. The Morgan fingerprint density at radius 3 is 2.79 bits per heavy atom. The van der Waals surface area contributed by atoms with Gasteiger partial charge in [0.1, 0.15) is 0 Å². The van der Waals surface area contributed by atoms with Gasteiger partial charge in [0.25, 0.3) is 0 Å². The lowest BCUT2D eigenvalue weighted by atomic mass is 10.3. The number of hydrogen-bond donors (Lipinski definition) is 2. The molecule has 0 saturated heterocycles. The number of benzene rings is 1. The van der Waals surface area contributed by atoms with E-state index in [4.69, 9.17) is 32.8 Å². The fourth-order valence-electron chi connectivity index (χ4n) is 1.34. The summed E-state index contributed by atoms with van der Waals surface area (Å²) in [5.41, 5.74) is 0.472. The van der Waals surface area contributed by atoms with Gasteiger partial charge in [0.15, 0.2) is 11.5 Å². The summed E-state index contributed by atoms with van der Waals surface area (Å²) in [6, 6.07) is 4.83. The van der Waals surface area contributed by atoms with E-state index in [0.717, 1.165) is 0 Å². The molecule has 0 radical (unpaired) electrons. The van der Waals surface area contributed by atoms with Crippen LogP contribution in [0, 0.1) is 0 Å². The van der Waals surface area contributed by atoms with Crippen molar-refractivity contribution in [2.75, 3.05) is 5.32 Å². The quantitative estimate of drug-likeness (QED) is 0.799. The fourth-order valence-corrected chi connectivity index (χ4v) is 2.18. The number of aromatic nitrogens is 1. The summed E-state index contributed by atoms with van der Waals surface area (Å²) >= 11 is 15.3. The van der Waals surface area contributed by atoms with E-state index in [0.29, 0.717) is 26.0 Å². The molecule has 0 bridgehead atoms. The molecule has 0 aliphatic carbocycles. The molecule has 1 aromatic carbocycles. The molecule has 8 heteroatoms. The van der Waals surface area contributed by atoms with Crippen LogP contribution in [0.3, 0.4) is 0 Å². The number of hydrogen-bond acceptors (Lipinski definition) is 4. The van der Waals surface area contributed by atoms with Crippen molar-refractivity contribution in [2.45, 2.75) is 6.54 Å². The Morgan fingerprint density at radius 1 is 1.42 bits per heavy atom. The van der Waals surface area contributed by atoms with Gasteiger partial charge in [0, 0.05) is 10.5 Å². The van der Waals surface area contributed by atoms with Crippen molar-refractivity contribution in [3.63, 3.8) is 0 Å². The van der Waals surface area contributed by atoms with E-state index in [-0.39, 0.29) is 12.2 Å². The molecule has 5 nitrogen and oxygen atoms in total. The summed E-state index contributed by atoms with van der Waals surface area (Å²) in [5, 5.41) is 15.9. The summed E-state index contributed by atoms with van der Waals surface area (Å²) in [5.74, 6) is -0.757. The number of carbonyl (C=O) groups is 1. The van der Waals surface area contributed by atoms with E-state index < -0.39 is 5.97 Å². The van der Waals surface area contributed by atoms with E-state index in [1.807, 2.05) is 0 Å². The van der Waals surface area contributed by atoms with Gasteiger partial charge in [-0.25, -0.2) is 4.79 Å². The molecule has 0 unspecified atom stereocenters. The zero-order valence-electron chi connectivity index (χ0n) is 9.28. The molecular formula is C11H7BrCl2N2O3. The maximum Gasteiger partial charge on any atom is 0.358 e. The summed E-state index contributed by atoms with van der Waals surface area (Å²) in [7, 11) is 0. The Morgan fingerprint density at radius 2 is 2.16 bits per heavy atom. The van der Waals surface area contributed by atoms with Gasteiger partial charge in [-0.2, -0.15) is 0 Å². The minimum absolute atomic E-state index is 0.142. The number of nitrogens with one attached hydrogen (secondary N) is 1. The average Bonchev–Trinajstić information content (AvgIpc) is 2.84. The van der Waals surface area contributed by atoms with Crippen molar-refractivity contribution in [3.8, 4) is 0 Å². The van der Waals surface area contributed by atoms with Crippen molar-refractivity contribution in [1.29, 1.82) is 0 Å². The zero-order chi connectivity index (χ0) is 14.0. The van der Waals surface area contributed by atoms with Crippen molar-refractivity contribution in [3.05, 3.63) is 44.2 Å². The van der Waals surface area contributed by atoms with Crippen LogP contribution in [0.15, 0.2) is 27.2 Å². The van der Waals surface area contributed by atoms with E-state index in [2.05, 4.69) is 26.4 Å². The van der Waals surface area contributed by atoms with Gasteiger partial charge in [-0.3, -0.25) is 0 Å². The average molecular weight is 366 g/mol. The maximum atomic E-state index is 10.6. The van der Waals surface area contributed by atoms with Crippen LogP contribution in [0.4, 0.5) is 5.69 Å². The highest BCUT2D eigenvalue weighted by Gasteiger charge is 2.12.